The Morgan fingerprint density at radius 1 is 1.29 bits per heavy atom. The van der Waals surface area contributed by atoms with Crippen LogP contribution in [0.3, 0.4) is 0 Å². The number of amides is 1. The number of allylic oxidation sites excluding steroid dienone is 2. The van der Waals surface area contributed by atoms with Crippen molar-refractivity contribution in [2.75, 3.05) is 6.54 Å². The summed E-state index contributed by atoms with van der Waals surface area (Å²) in [6, 6.07) is 0. The Bertz CT molecular complexity index is 610. The van der Waals surface area contributed by atoms with Gasteiger partial charge in [-0.2, -0.15) is 0 Å². The van der Waals surface area contributed by atoms with E-state index in [0.29, 0.717) is 12.5 Å². The molecule has 0 aromatic carbocycles. The molecule has 114 valence electrons. The predicted molar refractivity (Wildman–Crippen MR) is 80.4 cm³/mol. The Labute approximate surface area is 126 Å². The summed E-state index contributed by atoms with van der Waals surface area (Å²) < 4.78 is 2.11. The van der Waals surface area contributed by atoms with Crippen molar-refractivity contribution in [3.63, 3.8) is 0 Å². The highest BCUT2D eigenvalue weighted by Crippen LogP contribution is 2.60. The maximum Gasteiger partial charge on any atom is 0.227 e. The minimum atomic E-state index is 0.0788. The first-order valence-electron chi connectivity index (χ1n) is 7.65. The number of hydrogen-bond donors (Lipinski definition) is 0. The lowest BCUT2D eigenvalue weighted by Crippen LogP contribution is -2.40. The lowest BCUT2D eigenvalue weighted by Gasteiger charge is -2.28. The van der Waals surface area contributed by atoms with Crippen molar-refractivity contribution in [2.45, 2.75) is 47.7 Å². The smallest absolute Gasteiger partial charge is 0.227 e. The molecule has 2 aliphatic rings. The van der Waals surface area contributed by atoms with Crippen molar-refractivity contribution in [3.05, 3.63) is 23.3 Å². The average molecular weight is 288 g/mol. The molecule has 21 heavy (non-hydrogen) atoms. The maximum absolute atomic E-state index is 12.8. The van der Waals surface area contributed by atoms with Crippen molar-refractivity contribution < 1.29 is 4.79 Å². The fourth-order valence-corrected chi connectivity index (χ4v) is 3.51. The van der Waals surface area contributed by atoms with Crippen molar-refractivity contribution >= 4 is 5.91 Å². The van der Waals surface area contributed by atoms with Crippen LogP contribution >= 0.6 is 0 Å². The van der Waals surface area contributed by atoms with Crippen LogP contribution in [0.15, 0.2) is 11.6 Å². The SMILES string of the molecule is CC(C)=CC1C(C(=O)N2CCn3c(C)nnc3C2)C1(C)C. The minimum absolute atomic E-state index is 0.0788. The summed E-state index contributed by atoms with van der Waals surface area (Å²) in [5.41, 5.74) is 1.37. The molecule has 1 aromatic heterocycles. The van der Waals surface area contributed by atoms with Gasteiger partial charge >= 0.3 is 0 Å². The van der Waals surface area contributed by atoms with E-state index in [9.17, 15) is 4.79 Å². The normalized spacial score (nSPS) is 26.2. The lowest BCUT2D eigenvalue weighted by atomic mass is 10.1. The number of hydrogen-bond acceptors (Lipinski definition) is 3. The lowest BCUT2D eigenvalue weighted by molar-refractivity contribution is -0.135. The molecule has 0 saturated heterocycles. The van der Waals surface area contributed by atoms with Gasteiger partial charge in [-0.3, -0.25) is 4.79 Å². The second-order valence-electron chi connectivity index (χ2n) is 7.14. The Kier molecular flexibility index (Phi) is 3.19. The number of aromatic nitrogens is 3. The molecule has 1 aliphatic heterocycles. The van der Waals surface area contributed by atoms with Crippen LogP contribution in [-0.4, -0.2) is 32.1 Å². The highest BCUT2D eigenvalue weighted by molar-refractivity contribution is 5.83. The van der Waals surface area contributed by atoms with E-state index in [4.69, 9.17) is 0 Å². The first-order chi connectivity index (χ1) is 9.82. The third-order valence-corrected chi connectivity index (χ3v) is 4.94. The van der Waals surface area contributed by atoms with Crippen molar-refractivity contribution in [3.8, 4) is 0 Å². The van der Waals surface area contributed by atoms with Gasteiger partial charge in [0.05, 0.1) is 12.5 Å². The van der Waals surface area contributed by atoms with E-state index in [0.717, 1.165) is 24.7 Å². The second-order valence-corrected chi connectivity index (χ2v) is 7.14. The van der Waals surface area contributed by atoms with Gasteiger partial charge in [0, 0.05) is 13.1 Å². The molecule has 1 aromatic rings. The molecule has 2 atom stereocenters. The summed E-state index contributed by atoms with van der Waals surface area (Å²) in [7, 11) is 0. The van der Waals surface area contributed by atoms with Gasteiger partial charge in [0.25, 0.3) is 0 Å². The molecule has 1 fully saturated rings. The molecule has 2 unspecified atom stereocenters. The van der Waals surface area contributed by atoms with E-state index in [1.54, 1.807) is 0 Å². The summed E-state index contributed by atoms with van der Waals surface area (Å²) in [5.74, 6) is 2.60. The Balaban J connectivity index is 1.75. The van der Waals surface area contributed by atoms with Crippen LogP contribution in [-0.2, 0) is 17.9 Å². The molecule has 0 radical (unpaired) electrons. The minimum Gasteiger partial charge on any atom is -0.333 e. The van der Waals surface area contributed by atoms with Gasteiger partial charge in [0.2, 0.25) is 5.91 Å². The zero-order valence-electron chi connectivity index (χ0n) is 13.6. The maximum atomic E-state index is 12.8. The topological polar surface area (TPSA) is 51.0 Å². The molecule has 3 rings (SSSR count). The van der Waals surface area contributed by atoms with Gasteiger partial charge in [0.1, 0.15) is 5.82 Å². The van der Waals surface area contributed by atoms with Crippen molar-refractivity contribution in [1.82, 2.24) is 19.7 Å². The van der Waals surface area contributed by atoms with E-state index in [2.05, 4.69) is 48.5 Å². The molecule has 1 saturated carbocycles. The Morgan fingerprint density at radius 2 is 2.00 bits per heavy atom. The molecule has 0 bridgehead atoms. The quantitative estimate of drug-likeness (QED) is 0.784. The molecule has 5 heteroatoms. The third kappa shape index (κ3) is 2.28. The van der Waals surface area contributed by atoms with Gasteiger partial charge in [-0.25, -0.2) is 0 Å². The van der Waals surface area contributed by atoms with Crippen LogP contribution in [0.1, 0.15) is 39.3 Å². The number of carbonyl (C=O) groups is 1. The van der Waals surface area contributed by atoms with Crippen LogP contribution in [0.5, 0.6) is 0 Å². The predicted octanol–water partition coefficient (Wildman–Crippen LogP) is 2.17. The molecule has 5 nitrogen and oxygen atoms in total. The third-order valence-electron chi connectivity index (χ3n) is 4.94. The molecule has 0 N–H and O–H groups in total. The number of aryl methyl sites for hydroxylation is 1. The van der Waals surface area contributed by atoms with E-state index in [1.807, 2.05) is 11.8 Å². The summed E-state index contributed by atoms with van der Waals surface area (Å²) in [6.07, 6.45) is 2.25. The molecule has 1 amide bonds. The number of fused-ring (bicyclic) bond motifs is 1. The van der Waals surface area contributed by atoms with Crippen molar-refractivity contribution in [1.29, 1.82) is 0 Å². The summed E-state index contributed by atoms with van der Waals surface area (Å²) in [4.78, 5) is 14.8. The largest absolute Gasteiger partial charge is 0.333 e. The average Bonchev–Trinajstić information content (AvgIpc) is 2.77. The first kappa shape index (κ1) is 14.3. The molecule has 1 aliphatic carbocycles. The highest BCUT2D eigenvalue weighted by atomic mass is 16.2. The molecular weight excluding hydrogens is 264 g/mol. The van der Waals surface area contributed by atoms with Crippen LogP contribution in [0.25, 0.3) is 0 Å². The number of rotatable bonds is 2. The van der Waals surface area contributed by atoms with E-state index in [1.165, 1.54) is 5.57 Å². The van der Waals surface area contributed by atoms with E-state index in [-0.39, 0.29) is 17.2 Å². The van der Waals surface area contributed by atoms with Gasteiger partial charge < -0.3 is 9.47 Å². The Morgan fingerprint density at radius 3 is 2.67 bits per heavy atom. The fourth-order valence-electron chi connectivity index (χ4n) is 3.51. The van der Waals surface area contributed by atoms with E-state index < -0.39 is 0 Å². The zero-order chi connectivity index (χ0) is 15.4. The molecule has 2 heterocycles. The van der Waals surface area contributed by atoms with Crippen molar-refractivity contribution in [2.24, 2.45) is 17.3 Å². The van der Waals surface area contributed by atoms with Gasteiger partial charge in [-0.05, 0) is 32.1 Å². The summed E-state index contributed by atoms with van der Waals surface area (Å²) in [5, 5.41) is 8.28. The van der Waals surface area contributed by atoms with Crippen LogP contribution < -0.4 is 0 Å². The number of nitrogens with zero attached hydrogens (tertiary/aromatic N) is 4. The van der Waals surface area contributed by atoms with Crippen LogP contribution in [0.2, 0.25) is 0 Å². The highest BCUT2D eigenvalue weighted by Gasteiger charge is 2.61. The Hall–Kier alpha value is -1.65. The number of carbonyl (C=O) groups excluding carboxylic acids is 1. The first-order valence-corrected chi connectivity index (χ1v) is 7.65. The second kappa shape index (κ2) is 4.68. The molecular formula is C16H24N4O. The van der Waals surface area contributed by atoms with Gasteiger partial charge in [-0.1, -0.05) is 25.5 Å². The summed E-state index contributed by atoms with van der Waals surface area (Å²) in [6.45, 7) is 12.7. The molecule has 0 spiro atoms. The monoisotopic (exact) mass is 288 g/mol. The zero-order valence-corrected chi connectivity index (χ0v) is 13.6. The fraction of sp³-hybridized carbons (Fsp3) is 0.688. The standard InChI is InChI=1S/C16H24N4O/c1-10(2)8-12-14(16(12,4)5)15(21)19-6-7-20-11(3)17-18-13(20)9-19/h8,12,14H,6-7,9H2,1-5H3. The summed E-state index contributed by atoms with van der Waals surface area (Å²) >= 11 is 0. The van der Waals surface area contributed by atoms with Gasteiger partial charge in [0.15, 0.2) is 5.82 Å². The van der Waals surface area contributed by atoms with Crippen LogP contribution in [0, 0.1) is 24.2 Å². The van der Waals surface area contributed by atoms with Gasteiger partial charge in [-0.15, -0.1) is 10.2 Å². The van der Waals surface area contributed by atoms with E-state index >= 15 is 0 Å². The van der Waals surface area contributed by atoms with Crippen LogP contribution in [0.4, 0.5) is 0 Å².